The zero-order chi connectivity index (χ0) is 29.2. The second-order valence-corrected chi connectivity index (χ2v) is 13.3. The Morgan fingerprint density at radius 2 is 1.83 bits per heavy atom. The molecule has 5 rings (SSSR count). The largest absolute Gasteiger partial charge is 0.444 e. The van der Waals surface area contributed by atoms with Gasteiger partial charge in [0.15, 0.2) is 0 Å². The third kappa shape index (κ3) is 6.94. The Morgan fingerprint density at radius 1 is 1.12 bits per heavy atom. The first-order valence-electron chi connectivity index (χ1n) is 15.1. The number of nitrogens with zero attached hydrogens (tertiary/aromatic N) is 2. The molecule has 224 valence electrons. The van der Waals surface area contributed by atoms with Gasteiger partial charge in [-0.2, -0.15) is 0 Å². The van der Waals surface area contributed by atoms with Crippen LogP contribution in [0.5, 0.6) is 0 Å². The summed E-state index contributed by atoms with van der Waals surface area (Å²) in [5, 5.41) is 15.6. The van der Waals surface area contributed by atoms with Crippen molar-refractivity contribution < 1.29 is 23.8 Å². The van der Waals surface area contributed by atoms with Gasteiger partial charge in [-0.3, -0.25) is 9.80 Å². The lowest BCUT2D eigenvalue weighted by molar-refractivity contribution is -0.0186. The topological polar surface area (TPSA) is 74.3 Å². The van der Waals surface area contributed by atoms with E-state index in [1.165, 1.54) is 23.3 Å². The van der Waals surface area contributed by atoms with Gasteiger partial charge in [0.1, 0.15) is 11.4 Å². The normalized spacial score (nSPS) is 29.2. The highest BCUT2D eigenvalue weighted by atomic mass is 19.1. The van der Waals surface area contributed by atoms with Crippen molar-refractivity contribution in [2.75, 3.05) is 26.3 Å². The molecule has 1 amide bonds. The maximum absolute atomic E-state index is 13.8. The molecule has 0 radical (unpaired) electrons. The minimum absolute atomic E-state index is 0.111. The number of hydrogen-bond donors (Lipinski definition) is 2. The lowest BCUT2D eigenvalue weighted by atomic mass is 9.74. The van der Waals surface area contributed by atoms with E-state index in [2.05, 4.69) is 41.4 Å². The summed E-state index contributed by atoms with van der Waals surface area (Å²) in [6.45, 7) is 12.8. The van der Waals surface area contributed by atoms with E-state index in [9.17, 15) is 14.3 Å². The van der Waals surface area contributed by atoms with Crippen LogP contribution in [0.3, 0.4) is 0 Å². The number of carbonyl (C=O) groups is 1. The van der Waals surface area contributed by atoms with Crippen molar-refractivity contribution in [2.45, 2.75) is 96.3 Å². The second-order valence-electron chi connectivity index (χ2n) is 13.3. The molecule has 0 bridgehead atoms. The van der Waals surface area contributed by atoms with Crippen LogP contribution in [0.1, 0.15) is 76.1 Å². The molecule has 2 aliphatic heterocycles. The van der Waals surface area contributed by atoms with Gasteiger partial charge in [-0.15, -0.1) is 0 Å². The summed E-state index contributed by atoms with van der Waals surface area (Å²) in [4.78, 5) is 17.9. The van der Waals surface area contributed by atoms with Crippen molar-refractivity contribution in [2.24, 2.45) is 5.41 Å². The van der Waals surface area contributed by atoms with Crippen molar-refractivity contribution >= 4 is 6.09 Å². The van der Waals surface area contributed by atoms with Gasteiger partial charge in [0.2, 0.25) is 0 Å². The minimum atomic E-state index is -0.665. The smallest absolute Gasteiger partial charge is 0.411 e. The summed E-state index contributed by atoms with van der Waals surface area (Å²) in [7, 11) is 0. The van der Waals surface area contributed by atoms with Crippen LogP contribution in [-0.2, 0) is 22.6 Å². The Kier molecular flexibility index (Phi) is 9.04. The first-order valence-corrected chi connectivity index (χ1v) is 15.1. The number of amides is 1. The van der Waals surface area contributed by atoms with E-state index < -0.39 is 17.1 Å². The summed E-state index contributed by atoms with van der Waals surface area (Å²) < 4.78 is 25.1. The molecule has 3 fully saturated rings. The van der Waals surface area contributed by atoms with E-state index in [4.69, 9.17) is 9.47 Å². The molecule has 1 aliphatic carbocycles. The molecule has 2 aromatic rings. The fourth-order valence-electron chi connectivity index (χ4n) is 6.97. The molecule has 8 heteroatoms. The highest BCUT2D eigenvalue weighted by molar-refractivity contribution is 5.70. The molecule has 2 heterocycles. The van der Waals surface area contributed by atoms with Crippen LogP contribution in [0.25, 0.3) is 0 Å². The van der Waals surface area contributed by atoms with Crippen molar-refractivity contribution in [3.8, 4) is 0 Å². The average Bonchev–Trinajstić information content (AvgIpc) is 3.17. The molecule has 2 saturated heterocycles. The molecule has 1 saturated carbocycles. The Balaban J connectivity index is 1.33. The van der Waals surface area contributed by atoms with Crippen LogP contribution < -0.4 is 5.32 Å². The van der Waals surface area contributed by atoms with Crippen LogP contribution in [0, 0.1) is 11.2 Å². The van der Waals surface area contributed by atoms with Crippen molar-refractivity contribution in [3.63, 3.8) is 0 Å². The predicted molar refractivity (Wildman–Crippen MR) is 157 cm³/mol. The SMILES string of the molecule is CC(C)(C)OC(=O)N1[C@@H](c2ccc(F)cc2)C[C@@]2(C)[C@H](O)[C@@H](NCc3cccc(CN4CCOCC4)c3)CCC[C@@H]12. The number of benzene rings is 2. The highest BCUT2D eigenvalue weighted by Gasteiger charge is 2.57. The predicted octanol–water partition coefficient (Wildman–Crippen LogP) is 5.42. The van der Waals surface area contributed by atoms with E-state index in [1.54, 1.807) is 12.1 Å². The standard InChI is InChI=1S/C33H46FN3O4/c1-32(2,3)41-31(39)37-28(25-11-13-26(34)14-12-25)20-33(4)29(37)10-6-9-27(30(33)38)35-21-23-7-5-8-24(19-23)22-36-15-17-40-18-16-36/h5,7-8,11-14,19,27-30,35,38H,6,9-10,15-18,20-22H2,1-4H3/t27-,28+,29+,30+,33+/m0/s1. The number of aliphatic hydroxyl groups excluding tert-OH is 1. The van der Waals surface area contributed by atoms with Gasteiger partial charge in [0, 0.05) is 43.7 Å². The number of carbonyl (C=O) groups excluding carboxylic acids is 1. The van der Waals surface area contributed by atoms with E-state index in [0.29, 0.717) is 13.0 Å². The van der Waals surface area contributed by atoms with Gasteiger partial charge >= 0.3 is 6.09 Å². The third-order valence-electron chi connectivity index (χ3n) is 9.04. The maximum atomic E-state index is 13.8. The molecule has 5 atom stereocenters. The van der Waals surface area contributed by atoms with Crippen LogP contribution >= 0.6 is 0 Å². The first kappa shape index (κ1) is 30.0. The quantitative estimate of drug-likeness (QED) is 0.486. The number of hydrogen-bond acceptors (Lipinski definition) is 6. The number of ether oxygens (including phenoxy) is 2. The molecule has 2 aromatic carbocycles. The number of aliphatic hydroxyl groups is 1. The molecule has 0 unspecified atom stereocenters. The van der Waals surface area contributed by atoms with Crippen LogP contribution in [0.4, 0.5) is 9.18 Å². The molecule has 0 spiro atoms. The number of halogens is 1. The third-order valence-corrected chi connectivity index (χ3v) is 9.04. The summed E-state index contributed by atoms with van der Waals surface area (Å²) in [6, 6.07) is 14.4. The van der Waals surface area contributed by atoms with Gasteiger partial charge in [-0.25, -0.2) is 9.18 Å². The molecular weight excluding hydrogens is 521 g/mol. The fraction of sp³-hybridized carbons (Fsp3) is 0.606. The molecule has 3 aliphatic rings. The summed E-state index contributed by atoms with van der Waals surface area (Å²) >= 11 is 0. The van der Waals surface area contributed by atoms with Gasteiger partial charge in [0.25, 0.3) is 0 Å². The number of rotatable bonds is 6. The molecule has 2 N–H and O–H groups in total. The zero-order valence-electron chi connectivity index (χ0n) is 24.9. The van der Waals surface area contributed by atoms with Gasteiger partial charge in [0.05, 0.1) is 25.4 Å². The first-order chi connectivity index (χ1) is 19.5. The molecular formula is C33H46FN3O4. The highest BCUT2D eigenvalue weighted by Crippen LogP contribution is 2.53. The summed E-state index contributed by atoms with van der Waals surface area (Å²) in [6.07, 6.45) is 2.01. The summed E-state index contributed by atoms with van der Waals surface area (Å²) in [5.74, 6) is -0.311. The van der Waals surface area contributed by atoms with E-state index in [-0.39, 0.29) is 30.0 Å². The Bertz CT molecular complexity index is 1180. The monoisotopic (exact) mass is 567 g/mol. The van der Waals surface area contributed by atoms with E-state index >= 15 is 0 Å². The number of nitrogens with one attached hydrogen (secondary N) is 1. The van der Waals surface area contributed by atoms with Crippen LogP contribution in [0.15, 0.2) is 48.5 Å². The average molecular weight is 568 g/mol. The molecule has 41 heavy (non-hydrogen) atoms. The van der Waals surface area contributed by atoms with Gasteiger partial charge in [-0.1, -0.05) is 43.3 Å². The van der Waals surface area contributed by atoms with Crippen molar-refractivity contribution in [1.82, 2.24) is 15.1 Å². The van der Waals surface area contributed by atoms with E-state index in [1.807, 2.05) is 25.7 Å². The molecule has 7 nitrogen and oxygen atoms in total. The Labute approximate surface area is 244 Å². The van der Waals surface area contributed by atoms with E-state index in [0.717, 1.165) is 57.7 Å². The Morgan fingerprint density at radius 3 is 2.54 bits per heavy atom. The Hall–Kier alpha value is -2.52. The van der Waals surface area contributed by atoms with Crippen molar-refractivity contribution in [1.29, 1.82) is 0 Å². The number of morpholine rings is 1. The lowest BCUT2D eigenvalue weighted by Gasteiger charge is -2.39. The van der Waals surface area contributed by atoms with Crippen LogP contribution in [-0.4, -0.2) is 71.1 Å². The lowest BCUT2D eigenvalue weighted by Crippen LogP contribution is -2.52. The van der Waals surface area contributed by atoms with Gasteiger partial charge < -0.3 is 19.9 Å². The summed E-state index contributed by atoms with van der Waals surface area (Å²) in [5.41, 5.74) is 2.14. The van der Waals surface area contributed by atoms with Crippen molar-refractivity contribution in [3.05, 3.63) is 71.0 Å². The zero-order valence-corrected chi connectivity index (χ0v) is 24.9. The van der Waals surface area contributed by atoms with Gasteiger partial charge in [-0.05, 0) is 75.3 Å². The molecule has 0 aromatic heterocycles. The fourth-order valence-corrected chi connectivity index (χ4v) is 6.97. The van der Waals surface area contributed by atoms with Crippen LogP contribution in [0.2, 0.25) is 0 Å². The number of likely N-dealkylation sites (tertiary alicyclic amines) is 1. The second kappa shape index (κ2) is 12.4. The maximum Gasteiger partial charge on any atom is 0.411 e. The number of fused-ring (bicyclic) bond motifs is 1. The minimum Gasteiger partial charge on any atom is -0.444 e.